The van der Waals surface area contributed by atoms with Gasteiger partial charge in [0, 0.05) is 30.8 Å². The number of rotatable bonds is 5. The first-order chi connectivity index (χ1) is 15.2. The molecule has 3 aliphatic rings. The third-order valence-electron chi connectivity index (χ3n) is 6.20. The van der Waals surface area contributed by atoms with Crippen LogP contribution in [-0.4, -0.2) is 48.1 Å². The van der Waals surface area contributed by atoms with E-state index in [2.05, 4.69) is 20.6 Å². The van der Waals surface area contributed by atoms with E-state index >= 15 is 0 Å². The molecule has 2 aromatic heterocycles. The summed E-state index contributed by atoms with van der Waals surface area (Å²) < 4.78 is 5.44. The largest absolute Gasteiger partial charge is 0.381 e. The number of carbonyl (C=O) groups is 2. The van der Waals surface area contributed by atoms with Gasteiger partial charge in [0.25, 0.3) is 5.91 Å². The summed E-state index contributed by atoms with van der Waals surface area (Å²) in [4.78, 5) is 37.7. The van der Waals surface area contributed by atoms with Gasteiger partial charge < -0.3 is 20.3 Å². The van der Waals surface area contributed by atoms with Crippen molar-refractivity contribution in [3.05, 3.63) is 33.4 Å². The van der Waals surface area contributed by atoms with Crippen molar-refractivity contribution in [2.45, 2.75) is 45.1 Å². The minimum Gasteiger partial charge on any atom is -0.381 e. The van der Waals surface area contributed by atoms with Crippen molar-refractivity contribution in [1.82, 2.24) is 15.3 Å². The molecule has 0 saturated carbocycles. The van der Waals surface area contributed by atoms with Gasteiger partial charge in [0.2, 0.25) is 5.91 Å². The number of fused-ring (bicyclic) bond motifs is 2. The third kappa shape index (κ3) is 4.43. The van der Waals surface area contributed by atoms with Crippen LogP contribution in [-0.2, 0) is 28.9 Å². The van der Waals surface area contributed by atoms with Gasteiger partial charge in [-0.3, -0.25) is 9.59 Å². The maximum absolute atomic E-state index is 12.8. The Hall–Kier alpha value is -2.52. The predicted molar refractivity (Wildman–Crippen MR) is 119 cm³/mol. The van der Waals surface area contributed by atoms with Crippen LogP contribution in [0.5, 0.6) is 0 Å². The Kier molecular flexibility index (Phi) is 5.87. The summed E-state index contributed by atoms with van der Waals surface area (Å²) >= 11 is 1.70. The molecule has 0 bridgehead atoms. The number of pyridine rings is 1. The maximum atomic E-state index is 12.8. The number of amides is 2. The number of nitrogens with one attached hydrogen (secondary N) is 2. The molecule has 9 heteroatoms. The number of hydrogen-bond donors (Lipinski definition) is 2. The van der Waals surface area contributed by atoms with Gasteiger partial charge in [-0.25, -0.2) is 9.97 Å². The highest BCUT2D eigenvalue weighted by Gasteiger charge is 2.29. The smallest absolute Gasteiger partial charge is 0.253 e. The Bertz CT molecular complexity index is 962. The first-order valence-corrected chi connectivity index (χ1v) is 11.9. The van der Waals surface area contributed by atoms with Crippen LogP contribution in [0.4, 0.5) is 11.5 Å². The van der Waals surface area contributed by atoms with Crippen LogP contribution < -0.4 is 15.5 Å². The van der Waals surface area contributed by atoms with Gasteiger partial charge >= 0.3 is 0 Å². The molecule has 2 aliphatic heterocycles. The third-order valence-corrected chi connectivity index (χ3v) is 7.36. The number of hydrogen-bond acceptors (Lipinski definition) is 7. The van der Waals surface area contributed by atoms with E-state index in [-0.39, 0.29) is 18.4 Å². The molecule has 5 rings (SSSR count). The molecule has 0 aromatic carbocycles. The van der Waals surface area contributed by atoms with Crippen LogP contribution in [0.3, 0.4) is 0 Å². The molecular formula is C22H27N5O3S. The van der Waals surface area contributed by atoms with Crippen LogP contribution in [0.2, 0.25) is 0 Å². The molecule has 1 aliphatic carbocycles. The molecule has 4 heterocycles. The molecule has 8 nitrogen and oxygen atoms in total. The quantitative estimate of drug-likeness (QED) is 0.740. The van der Waals surface area contributed by atoms with Crippen molar-refractivity contribution in [3.8, 4) is 0 Å². The summed E-state index contributed by atoms with van der Waals surface area (Å²) in [6.45, 7) is 2.74. The zero-order valence-electron chi connectivity index (χ0n) is 17.5. The van der Waals surface area contributed by atoms with Gasteiger partial charge in [0.05, 0.1) is 30.0 Å². The SMILES string of the molecule is O=C(NCc1nc2c(s1)CCCC2)c1cnc2c(c1)N(CC1CCOCC1)C(=O)CN2. The number of thiazole rings is 1. The Morgan fingerprint density at radius 1 is 1.29 bits per heavy atom. The lowest BCUT2D eigenvalue weighted by Crippen LogP contribution is -2.44. The van der Waals surface area contributed by atoms with Crippen molar-refractivity contribution in [3.63, 3.8) is 0 Å². The van der Waals surface area contributed by atoms with E-state index in [0.717, 1.165) is 43.9 Å². The molecule has 0 spiro atoms. The fourth-order valence-corrected chi connectivity index (χ4v) is 5.53. The zero-order valence-corrected chi connectivity index (χ0v) is 18.3. The van der Waals surface area contributed by atoms with E-state index in [4.69, 9.17) is 4.74 Å². The number of aryl methyl sites for hydroxylation is 2. The molecule has 1 fully saturated rings. The average Bonchev–Trinajstić information content (AvgIpc) is 3.23. The molecule has 31 heavy (non-hydrogen) atoms. The van der Waals surface area contributed by atoms with Crippen molar-refractivity contribution in [2.75, 3.05) is 36.5 Å². The lowest BCUT2D eigenvalue weighted by molar-refractivity contribution is -0.117. The summed E-state index contributed by atoms with van der Waals surface area (Å²) in [6, 6.07) is 1.77. The molecule has 1 saturated heterocycles. The van der Waals surface area contributed by atoms with E-state index in [0.29, 0.717) is 36.1 Å². The highest BCUT2D eigenvalue weighted by atomic mass is 32.1. The summed E-state index contributed by atoms with van der Waals surface area (Å²) in [5.41, 5.74) is 2.33. The predicted octanol–water partition coefficient (Wildman–Crippen LogP) is 2.53. The number of ether oxygens (including phenoxy) is 1. The topological polar surface area (TPSA) is 96.5 Å². The second-order valence-corrected chi connectivity index (χ2v) is 9.54. The number of aromatic nitrogens is 2. The summed E-state index contributed by atoms with van der Waals surface area (Å²) in [7, 11) is 0. The molecule has 2 aromatic rings. The number of nitrogens with zero attached hydrogens (tertiary/aromatic N) is 3. The molecule has 2 N–H and O–H groups in total. The Morgan fingerprint density at radius 3 is 2.97 bits per heavy atom. The zero-order chi connectivity index (χ0) is 21.2. The fraction of sp³-hybridized carbons (Fsp3) is 0.545. The van der Waals surface area contributed by atoms with Crippen molar-refractivity contribution >= 4 is 34.7 Å². The molecule has 164 valence electrons. The maximum Gasteiger partial charge on any atom is 0.253 e. The summed E-state index contributed by atoms with van der Waals surface area (Å²) in [5.74, 6) is 0.854. The Morgan fingerprint density at radius 2 is 2.13 bits per heavy atom. The van der Waals surface area contributed by atoms with Crippen LogP contribution in [0, 0.1) is 5.92 Å². The number of anilines is 2. The van der Waals surface area contributed by atoms with Gasteiger partial charge in [0.15, 0.2) is 0 Å². The minimum absolute atomic E-state index is 0.00622. The first kappa shape index (κ1) is 20.4. The molecular weight excluding hydrogens is 414 g/mol. The monoisotopic (exact) mass is 441 g/mol. The molecule has 0 radical (unpaired) electrons. The van der Waals surface area contributed by atoms with Gasteiger partial charge in [0.1, 0.15) is 10.8 Å². The van der Waals surface area contributed by atoms with Gasteiger partial charge in [-0.15, -0.1) is 11.3 Å². The second-order valence-electron chi connectivity index (χ2n) is 8.37. The molecule has 2 amide bonds. The molecule has 0 unspecified atom stereocenters. The lowest BCUT2D eigenvalue weighted by Gasteiger charge is -2.33. The van der Waals surface area contributed by atoms with E-state index in [1.807, 2.05) is 0 Å². The lowest BCUT2D eigenvalue weighted by atomic mass is 9.99. The van der Waals surface area contributed by atoms with E-state index in [1.165, 1.54) is 23.4 Å². The molecule has 0 atom stereocenters. The van der Waals surface area contributed by atoms with Crippen LogP contribution in [0.1, 0.15) is 51.6 Å². The Balaban J connectivity index is 1.29. The van der Waals surface area contributed by atoms with Crippen LogP contribution in [0.25, 0.3) is 0 Å². The van der Waals surface area contributed by atoms with Crippen LogP contribution in [0.15, 0.2) is 12.3 Å². The standard InChI is InChI=1S/C22H27N5O3S/c28-20-12-24-21-17(27(20)13-14-5-7-30-8-6-14)9-15(10-23-21)22(29)25-11-19-26-16-3-1-2-4-18(16)31-19/h9-10,14H,1-8,11-13H2,(H,23,24)(H,25,29). The second kappa shape index (κ2) is 8.92. The first-order valence-electron chi connectivity index (χ1n) is 11.0. The minimum atomic E-state index is -0.201. The summed E-state index contributed by atoms with van der Waals surface area (Å²) in [6.07, 6.45) is 8.00. The average molecular weight is 442 g/mol. The van der Waals surface area contributed by atoms with E-state index < -0.39 is 0 Å². The highest BCUT2D eigenvalue weighted by molar-refractivity contribution is 7.11. The van der Waals surface area contributed by atoms with Crippen molar-refractivity contribution in [2.24, 2.45) is 5.92 Å². The van der Waals surface area contributed by atoms with Crippen molar-refractivity contribution < 1.29 is 14.3 Å². The highest BCUT2D eigenvalue weighted by Crippen LogP contribution is 2.31. The van der Waals surface area contributed by atoms with E-state index in [9.17, 15) is 9.59 Å². The van der Waals surface area contributed by atoms with Gasteiger partial charge in [-0.1, -0.05) is 0 Å². The van der Waals surface area contributed by atoms with Gasteiger partial charge in [-0.05, 0) is 50.5 Å². The normalized spacial score (nSPS) is 18.8. The number of carbonyl (C=O) groups excluding carboxylic acids is 2. The van der Waals surface area contributed by atoms with Crippen molar-refractivity contribution in [1.29, 1.82) is 0 Å². The summed E-state index contributed by atoms with van der Waals surface area (Å²) in [5, 5.41) is 6.98. The fourth-order valence-electron chi connectivity index (χ4n) is 4.43. The van der Waals surface area contributed by atoms with Gasteiger partial charge in [-0.2, -0.15) is 0 Å². The Labute approximate surface area is 185 Å². The van der Waals surface area contributed by atoms with Crippen LogP contribution >= 0.6 is 11.3 Å². The van der Waals surface area contributed by atoms with E-state index in [1.54, 1.807) is 28.5 Å².